The molecule has 12 heteroatoms. The Morgan fingerprint density at radius 3 is 2.47 bits per heavy atom. The molecule has 0 aliphatic carbocycles. The van der Waals surface area contributed by atoms with Gasteiger partial charge in [0.05, 0.1) is 33.5 Å². The highest BCUT2D eigenvalue weighted by atomic mass is 35.5. The molecule has 1 aliphatic heterocycles. The van der Waals surface area contributed by atoms with E-state index in [1.54, 1.807) is 22.9 Å². The first-order valence-corrected chi connectivity index (χ1v) is 10.3. The van der Waals surface area contributed by atoms with Crippen LogP contribution in [0.3, 0.4) is 0 Å². The molecule has 0 radical (unpaired) electrons. The van der Waals surface area contributed by atoms with Gasteiger partial charge in [0, 0.05) is 24.0 Å². The number of nitrogens with one attached hydrogen (secondary N) is 1. The predicted octanol–water partition coefficient (Wildman–Crippen LogP) is 4.37. The van der Waals surface area contributed by atoms with Gasteiger partial charge >= 0.3 is 6.03 Å². The van der Waals surface area contributed by atoms with E-state index in [0.717, 1.165) is 4.90 Å². The topological polar surface area (TPSA) is 124 Å². The maximum Gasteiger partial charge on any atom is 0.335 e. The number of rotatable bonds is 5. The van der Waals surface area contributed by atoms with Crippen LogP contribution < -0.4 is 15.0 Å². The summed E-state index contributed by atoms with van der Waals surface area (Å²) in [6.45, 7) is 0. The van der Waals surface area contributed by atoms with Gasteiger partial charge in [0.2, 0.25) is 0 Å². The average Bonchev–Trinajstić information content (AvgIpc) is 3.24. The molecule has 0 unspecified atom stereocenters. The van der Waals surface area contributed by atoms with E-state index in [0.29, 0.717) is 17.1 Å². The van der Waals surface area contributed by atoms with E-state index >= 15 is 0 Å². The number of ether oxygens (including phenoxy) is 1. The van der Waals surface area contributed by atoms with Gasteiger partial charge in [0.15, 0.2) is 0 Å². The molecule has 1 N–H and O–H groups in total. The van der Waals surface area contributed by atoms with E-state index in [-0.39, 0.29) is 27.0 Å². The van der Waals surface area contributed by atoms with Crippen molar-refractivity contribution in [3.8, 4) is 11.4 Å². The minimum Gasteiger partial charge on any atom is -0.495 e. The highest BCUT2D eigenvalue weighted by Gasteiger charge is 2.37. The van der Waals surface area contributed by atoms with E-state index < -0.39 is 22.8 Å². The number of barbiturate groups is 1. The van der Waals surface area contributed by atoms with Crippen molar-refractivity contribution in [3.05, 3.63) is 86.2 Å². The largest absolute Gasteiger partial charge is 0.495 e. The summed E-state index contributed by atoms with van der Waals surface area (Å²) in [6, 6.07) is 10.5. The zero-order valence-electron chi connectivity index (χ0n) is 17.3. The molecule has 0 spiro atoms. The zero-order valence-corrected chi connectivity index (χ0v) is 18.8. The number of amides is 4. The number of methoxy groups -OCH3 is 1. The van der Waals surface area contributed by atoms with Gasteiger partial charge in [0.25, 0.3) is 17.5 Å². The summed E-state index contributed by atoms with van der Waals surface area (Å²) >= 11 is 12.4. The average molecular weight is 501 g/mol. The molecule has 1 aliphatic rings. The molecule has 4 amide bonds. The number of imide groups is 2. The van der Waals surface area contributed by atoms with E-state index in [2.05, 4.69) is 5.32 Å². The lowest BCUT2D eigenvalue weighted by Crippen LogP contribution is -2.54. The van der Waals surface area contributed by atoms with Crippen LogP contribution in [0.4, 0.5) is 16.2 Å². The van der Waals surface area contributed by atoms with Crippen LogP contribution in [0.2, 0.25) is 10.0 Å². The Kier molecular flexibility index (Phi) is 6.10. The molecule has 0 atom stereocenters. The fourth-order valence-corrected chi connectivity index (χ4v) is 3.89. The van der Waals surface area contributed by atoms with Crippen LogP contribution in [0.25, 0.3) is 11.8 Å². The van der Waals surface area contributed by atoms with Crippen molar-refractivity contribution in [3.63, 3.8) is 0 Å². The molecule has 2 heterocycles. The number of nitro groups is 1. The number of non-ortho nitro benzene ring substituents is 1. The van der Waals surface area contributed by atoms with Crippen molar-refractivity contribution in [2.75, 3.05) is 12.0 Å². The minimum absolute atomic E-state index is 0.0918. The molecule has 1 aromatic heterocycles. The number of hydrogen-bond acceptors (Lipinski definition) is 6. The summed E-state index contributed by atoms with van der Waals surface area (Å²) in [7, 11) is 1.42. The second kappa shape index (κ2) is 9.00. The summed E-state index contributed by atoms with van der Waals surface area (Å²) in [5.41, 5.74) is 0.402. The van der Waals surface area contributed by atoms with Crippen LogP contribution in [-0.2, 0) is 9.59 Å². The third-order valence-electron chi connectivity index (χ3n) is 4.97. The van der Waals surface area contributed by atoms with E-state index in [1.165, 1.54) is 49.6 Å². The fraction of sp³-hybridized carbons (Fsp3) is 0.0455. The number of hydrogen-bond donors (Lipinski definition) is 1. The van der Waals surface area contributed by atoms with Crippen LogP contribution in [-0.4, -0.2) is 34.4 Å². The van der Waals surface area contributed by atoms with Crippen molar-refractivity contribution in [2.45, 2.75) is 0 Å². The summed E-state index contributed by atoms with van der Waals surface area (Å²) in [4.78, 5) is 49.3. The fourth-order valence-electron chi connectivity index (χ4n) is 3.37. The highest BCUT2D eigenvalue weighted by molar-refractivity contribution is 6.39. The number of halogens is 2. The molecule has 4 rings (SSSR count). The lowest BCUT2D eigenvalue weighted by molar-refractivity contribution is -0.384. The normalized spacial score (nSPS) is 15.0. The molecule has 34 heavy (non-hydrogen) atoms. The molecule has 2 aromatic carbocycles. The van der Waals surface area contributed by atoms with E-state index in [9.17, 15) is 24.5 Å². The second-order valence-corrected chi connectivity index (χ2v) is 7.79. The second-order valence-electron chi connectivity index (χ2n) is 6.97. The molecule has 10 nitrogen and oxygen atoms in total. The lowest BCUT2D eigenvalue weighted by Gasteiger charge is -2.26. The summed E-state index contributed by atoms with van der Waals surface area (Å²) in [5, 5.41) is 13.4. The molecular weight excluding hydrogens is 487 g/mol. The van der Waals surface area contributed by atoms with Crippen LogP contribution >= 0.6 is 23.2 Å². The van der Waals surface area contributed by atoms with Gasteiger partial charge in [-0.15, -0.1) is 0 Å². The molecule has 1 fully saturated rings. The molecule has 3 aromatic rings. The van der Waals surface area contributed by atoms with E-state index in [4.69, 9.17) is 27.9 Å². The van der Waals surface area contributed by atoms with E-state index in [1.807, 2.05) is 0 Å². The molecule has 0 bridgehead atoms. The lowest BCUT2D eigenvalue weighted by atomic mass is 10.1. The Morgan fingerprint density at radius 1 is 1.06 bits per heavy atom. The van der Waals surface area contributed by atoms with Gasteiger partial charge in [-0.05, 0) is 42.5 Å². The number of nitrogens with zero attached hydrogens (tertiary/aromatic N) is 3. The van der Waals surface area contributed by atoms with Gasteiger partial charge in [-0.1, -0.05) is 23.2 Å². The van der Waals surface area contributed by atoms with Crippen LogP contribution in [0, 0.1) is 10.1 Å². The first-order valence-electron chi connectivity index (χ1n) is 9.58. The van der Waals surface area contributed by atoms with Crippen molar-refractivity contribution < 1.29 is 24.0 Å². The summed E-state index contributed by atoms with van der Waals surface area (Å²) in [5.74, 6) is -1.40. The van der Waals surface area contributed by atoms with Gasteiger partial charge in [-0.3, -0.25) is 25.0 Å². The number of anilines is 1. The summed E-state index contributed by atoms with van der Waals surface area (Å²) in [6.07, 6.45) is 2.90. The SMILES string of the molecule is COc1ccc(N2C(=O)NC(=O)/C(=C/c3cccn3-c3ccc([N+](=O)[O-])cc3Cl)C2=O)cc1Cl. The smallest absolute Gasteiger partial charge is 0.335 e. The maximum atomic E-state index is 13.2. The Labute approximate surface area is 202 Å². The van der Waals surface area contributed by atoms with Gasteiger partial charge < -0.3 is 9.30 Å². The van der Waals surface area contributed by atoms with Crippen LogP contribution in [0.15, 0.2) is 60.3 Å². The van der Waals surface area contributed by atoms with Crippen LogP contribution in [0.1, 0.15) is 5.69 Å². The number of urea groups is 1. The van der Waals surface area contributed by atoms with Gasteiger partial charge in [0.1, 0.15) is 11.3 Å². The Balaban J connectivity index is 1.74. The predicted molar refractivity (Wildman–Crippen MR) is 124 cm³/mol. The van der Waals surface area contributed by atoms with Crippen molar-refractivity contribution in [1.29, 1.82) is 0 Å². The first kappa shape index (κ1) is 23.0. The Morgan fingerprint density at radius 2 is 1.82 bits per heavy atom. The van der Waals surface area contributed by atoms with Crippen molar-refractivity contribution >= 4 is 58.5 Å². The zero-order chi connectivity index (χ0) is 24.6. The van der Waals surface area contributed by atoms with Crippen LogP contribution in [0.5, 0.6) is 5.75 Å². The van der Waals surface area contributed by atoms with Crippen molar-refractivity contribution in [1.82, 2.24) is 9.88 Å². The minimum atomic E-state index is -0.929. The maximum absolute atomic E-state index is 13.2. The Bertz CT molecular complexity index is 1400. The van der Waals surface area contributed by atoms with Gasteiger partial charge in [-0.2, -0.15) is 0 Å². The standard InChI is InChI=1S/C22H14Cl2N4O6/c1-34-19-7-5-13(10-17(19)24)27-21(30)15(20(29)25-22(27)31)9-12-3-2-8-26(12)18-6-4-14(28(32)33)11-16(18)23/h2-11H,1H3,(H,25,29,31)/b15-9-. The molecule has 0 saturated carbocycles. The number of aromatic nitrogens is 1. The number of nitro benzene ring substituents is 1. The monoisotopic (exact) mass is 500 g/mol. The number of carbonyl (C=O) groups excluding carboxylic acids is 3. The van der Waals surface area contributed by atoms with Gasteiger partial charge in [-0.25, -0.2) is 9.69 Å². The molecule has 1 saturated heterocycles. The molecular formula is C22H14Cl2N4O6. The molecule has 172 valence electrons. The Hall–Kier alpha value is -4.15. The quantitative estimate of drug-likeness (QED) is 0.240. The first-order chi connectivity index (χ1) is 16.2. The third-order valence-corrected chi connectivity index (χ3v) is 5.57. The summed E-state index contributed by atoms with van der Waals surface area (Å²) < 4.78 is 6.63. The number of carbonyl (C=O) groups is 3. The third kappa shape index (κ3) is 4.12. The van der Waals surface area contributed by atoms with Crippen molar-refractivity contribution in [2.24, 2.45) is 0 Å². The number of benzene rings is 2. The highest BCUT2D eigenvalue weighted by Crippen LogP contribution is 2.32.